The average Bonchev–Trinajstić information content (AvgIpc) is 3.51. The Morgan fingerprint density at radius 2 is 1.84 bits per heavy atom. The quantitative estimate of drug-likeness (QED) is 0.182. The number of rotatable bonds is 13. The fraction of sp³-hybridized carbons (Fsp3) is 0.395. The van der Waals surface area contributed by atoms with E-state index in [0.717, 1.165) is 16.5 Å². The molecule has 3 N–H and O–H groups in total. The lowest BCUT2D eigenvalue weighted by Gasteiger charge is -2.37. The third-order valence-corrected chi connectivity index (χ3v) is 14.5. The molecule has 3 aromatic carbocycles. The van der Waals surface area contributed by atoms with Gasteiger partial charge in [0.15, 0.2) is 5.60 Å². The number of amides is 3. The SMILES string of the molecule is C=CCN1C(=O)[C@@]2(O[C@@H](CC(=O)N(CCO)Cc3ccccc3)[C@H]([Si](C)(C)c3ccc(OC)cc3)[C@H]2C)c2cc(NC(=O)[C@H](C)O)ccc21. The maximum Gasteiger partial charge on any atom is 0.264 e. The Labute approximate surface area is 289 Å². The number of hydrogen-bond acceptors (Lipinski definition) is 7. The molecule has 0 radical (unpaired) electrons. The summed E-state index contributed by atoms with van der Waals surface area (Å²) in [6, 6.07) is 22.9. The predicted octanol–water partition coefficient (Wildman–Crippen LogP) is 4.17. The number of anilines is 2. The number of aliphatic hydroxyl groups excluding tert-OH is 2. The lowest BCUT2D eigenvalue weighted by Crippen LogP contribution is -2.52. The zero-order chi connectivity index (χ0) is 35.5. The molecule has 260 valence electrons. The van der Waals surface area contributed by atoms with Gasteiger partial charge in [-0.25, -0.2) is 0 Å². The number of carbonyl (C=O) groups excluding carboxylic acids is 3. The smallest absolute Gasteiger partial charge is 0.264 e. The number of nitrogens with zero attached hydrogens (tertiary/aromatic N) is 2. The van der Waals surface area contributed by atoms with Gasteiger partial charge < -0.3 is 34.8 Å². The van der Waals surface area contributed by atoms with Crippen molar-refractivity contribution in [2.45, 2.75) is 63.3 Å². The Kier molecular flexibility index (Phi) is 10.8. The van der Waals surface area contributed by atoms with E-state index in [2.05, 4.69) is 37.1 Å². The third kappa shape index (κ3) is 6.80. The van der Waals surface area contributed by atoms with Crippen LogP contribution in [0.2, 0.25) is 18.6 Å². The maximum absolute atomic E-state index is 14.7. The van der Waals surface area contributed by atoms with Crippen molar-refractivity contribution in [3.63, 3.8) is 0 Å². The zero-order valence-electron chi connectivity index (χ0n) is 28.9. The van der Waals surface area contributed by atoms with Crippen LogP contribution >= 0.6 is 0 Å². The Bertz CT molecular complexity index is 1680. The van der Waals surface area contributed by atoms with E-state index >= 15 is 0 Å². The van der Waals surface area contributed by atoms with Crippen LogP contribution in [0.5, 0.6) is 5.75 Å². The van der Waals surface area contributed by atoms with Crippen LogP contribution in [0.15, 0.2) is 85.5 Å². The highest BCUT2D eigenvalue weighted by Crippen LogP contribution is 2.60. The molecule has 5 atom stereocenters. The van der Waals surface area contributed by atoms with Gasteiger partial charge in [0.2, 0.25) is 5.91 Å². The zero-order valence-corrected chi connectivity index (χ0v) is 29.9. The van der Waals surface area contributed by atoms with Crippen molar-refractivity contribution in [2.75, 3.05) is 37.0 Å². The van der Waals surface area contributed by atoms with E-state index in [4.69, 9.17) is 9.47 Å². The summed E-state index contributed by atoms with van der Waals surface area (Å²) in [6.45, 7) is 12.3. The van der Waals surface area contributed by atoms with Gasteiger partial charge in [-0.3, -0.25) is 14.4 Å². The third-order valence-electron chi connectivity index (χ3n) is 10.1. The fourth-order valence-electron chi connectivity index (χ4n) is 7.67. The molecule has 11 heteroatoms. The highest BCUT2D eigenvalue weighted by Gasteiger charge is 2.66. The van der Waals surface area contributed by atoms with Crippen LogP contribution in [-0.4, -0.2) is 79.9 Å². The molecule has 49 heavy (non-hydrogen) atoms. The maximum atomic E-state index is 14.7. The van der Waals surface area contributed by atoms with Crippen molar-refractivity contribution in [2.24, 2.45) is 5.92 Å². The van der Waals surface area contributed by atoms with Crippen LogP contribution in [0.25, 0.3) is 0 Å². The number of nitrogens with one attached hydrogen (secondary N) is 1. The summed E-state index contributed by atoms with van der Waals surface area (Å²) in [7, 11) is -0.912. The topological polar surface area (TPSA) is 129 Å². The van der Waals surface area contributed by atoms with Gasteiger partial charge in [0.25, 0.3) is 11.8 Å². The minimum atomic E-state index is -2.54. The molecule has 1 fully saturated rings. The molecular formula is C38H47N3O7Si. The second kappa shape index (κ2) is 14.7. The van der Waals surface area contributed by atoms with Crippen LogP contribution in [0.3, 0.4) is 0 Å². The van der Waals surface area contributed by atoms with Crippen molar-refractivity contribution in [1.29, 1.82) is 0 Å². The standard InChI is InChI=1S/C38H47N3O7Si/c1-7-19-41-32-18-13-28(39-36(45)26(3)43)22-31(32)38(37(41)46)25(2)35(49(5,6)30-16-14-29(47-4)15-17-30)33(48-38)23-34(44)40(20-21-42)24-27-11-9-8-10-12-27/h7-18,22,25-26,33,35,42-43H,1,19-21,23-24H2,2-6H3,(H,39,45)/t25-,26+,33+,35-,38+/m1/s1. The summed E-state index contributed by atoms with van der Waals surface area (Å²) in [5, 5.41) is 23.7. The van der Waals surface area contributed by atoms with Gasteiger partial charge in [0.1, 0.15) is 11.9 Å². The lowest BCUT2D eigenvalue weighted by atomic mass is 9.82. The lowest BCUT2D eigenvalue weighted by molar-refractivity contribution is -0.149. The van der Waals surface area contributed by atoms with E-state index < -0.39 is 31.8 Å². The van der Waals surface area contributed by atoms with Crippen molar-refractivity contribution in [3.8, 4) is 5.75 Å². The van der Waals surface area contributed by atoms with E-state index in [0.29, 0.717) is 23.5 Å². The van der Waals surface area contributed by atoms with Crippen LogP contribution in [0.4, 0.5) is 11.4 Å². The van der Waals surface area contributed by atoms with E-state index in [1.54, 1.807) is 41.2 Å². The van der Waals surface area contributed by atoms with Crippen molar-refractivity contribution < 1.29 is 34.1 Å². The molecule has 0 aliphatic carbocycles. The van der Waals surface area contributed by atoms with Crippen LogP contribution in [-0.2, 0) is 31.3 Å². The van der Waals surface area contributed by atoms with Crippen LogP contribution in [0.1, 0.15) is 31.4 Å². The van der Waals surface area contributed by atoms with Crippen molar-refractivity contribution >= 4 is 42.4 Å². The number of hydrogen-bond donors (Lipinski definition) is 3. The molecule has 10 nitrogen and oxygen atoms in total. The summed E-state index contributed by atoms with van der Waals surface area (Å²) in [6.07, 6.45) is -0.191. The molecule has 1 saturated heterocycles. The number of carbonyl (C=O) groups is 3. The molecule has 1 spiro atoms. The van der Waals surface area contributed by atoms with Gasteiger partial charge in [-0.15, -0.1) is 6.58 Å². The van der Waals surface area contributed by atoms with Gasteiger partial charge in [-0.1, -0.05) is 73.7 Å². The first kappa shape index (κ1) is 36.0. The predicted molar refractivity (Wildman–Crippen MR) is 192 cm³/mol. The Morgan fingerprint density at radius 3 is 2.45 bits per heavy atom. The summed E-state index contributed by atoms with van der Waals surface area (Å²) < 4.78 is 12.5. The largest absolute Gasteiger partial charge is 0.497 e. The normalized spacial score (nSPS) is 22.1. The van der Waals surface area contributed by atoms with E-state index in [-0.39, 0.29) is 49.4 Å². The van der Waals surface area contributed by atoms with E-state index in [9.17, 15) is 24.6 Å². The monoisotopic (exact) mass is 685 g/mol. The number of fused-ring (bicyclic) bond motifs is 2. The van der Waals surface area contributed by atoms with Crippen LogP contribution in [0, 0.1) is 5.92 Å². The average molecular weight is 686 g/mol. The van der Waals surface area contributed by atoms with E-state index in [1.807, 2.05) is 49.4 Å². The fourth-order valence-corrected chi connectivity index (χ4v) is 11.7. The van der Waals surface area contributed by atoms with Crippen LogP contribution < -0.4 is 20.1 Å². The Morgan fingerprint density at radius 1 is 1.14 bits per heavy atom. The molecule has 0 aromatic heterocycles. The van der Waals surface area contributed by atoms with Gasteiger partial charge in [-0.2, -0.15) is 0 Å². The second-order valence-corrected chi connectivity index (χ2v) is 18.2. The molecule has 2 aliphatic heterocycles. The Balaban J connectivity index is 1.61. The van der Waals surface area contributed by atoms with Crippen molar-refractivity contribution in [3.05, 3.63) is 96.6 Å². The first-order valence-electron chi connectivity index (χ1n) is 16.7. The minimum Gasteiger partial charge on any atom is -0.497 e. The number of methoxy groups -OCH3 is 1. The summed E-state index contributed by atoms with van der Waals surface area (Å²) in [4.78, 5) is 44.7. The molecule has 3 aromatic rings. The minimum absolute atomic E-state index is 0.0126. The summed E-state index contributed by atoms with van der Waals surface area (Å²) >= 11 is 0. The first-order chi connectivity index (χ1) is 23.4. The van der Waals surface area contributed by atoms with Crippen molar-refractivity contribution in [1.82, 2.24) is 4.90 Å². The molecule has 0 bridgehead atoms. The summed E-state index contributed by atoms with van der Waals surface area (Å²) in [5.41, 5.74) is 0.968. The van der Waals surface area contributed by atoms with Gasteiger partial charge >= 0.3 is 0 Å². The molecule has 0 saturated carbocycles. The van der Waals surface area contributed by atoms with Gasteiger partial charge in [0, 0.05) is 36.8 Å². The van der Waals surface area contributed by atoms with Gasteiger partial charge in [0.05, 0.1) is 40.0 Å². The molecule has 0 unspecified atom stereocenters. The molecule has 3 amide bonds. The second-order valence-electron chi connectivity index (χ2n) is 13.5. The molecule has 5 rings (SSSR count). The number of benzene rings is 3. The number of aliphatic hydroxyl groups is 2. The Hall–Kier alpha value is -4.29. The van der Waals surface area contributed by atoms with E-state index in [1.165, 1.54) is 6.92 Å². The highest BCUT2D eigenvalue weighted by molar-refractivity contribution is 6.91. The van der Waals surface area contributed by atoms with Gasteiger partial charge in [-0.05, 0) is 48.4 Å². The first-order valence-corrected chi connectivity index (χ1v) is 19.8. The molecular weight excluding hydrogens is 639 g/mol. The molecule has 2 aliphatic rings. The summed E-state index contributed by atoms with van der Waals surface area (Å²) in [5.74, 6) is -0.635. The molecule has 2 heterocycles. The highest BCUT2D eigenvalue weighted by atomic mass is 28.3. The number of ether oxygens (including phenoxy) is 2.